The Balaban J connectivity index is 2.53. The molecule has 60 valence electrons. The Kier molecular flexibility index (Phi) is 1.71. The monoisotopic (exact) mass is 149 g/mol. The van der Waals surface area contributed by atoms with Crippen molar-refractivity contribution in [1.82, 2.24) is 0 Å². The zero-order valence-electron chi connectivity index (χ0n) is 6.27. The molecule has 1 nitrogen and oxygen atoms in total. The summed E-state index contributed by atoms with van der Waals surface area (Å²) in [6.07, 6.45) is -2.19. The molecule has 0 aromatic carbocycles. The Hall–Kier alpha value is -0.180. The molecule has 1 aliphatic rings. The van der Waals surface area contributed by atoms with E-state index in [0.29, 0.717) is 6.54 Å². The molecule has 1 saturated carbocycles. The molecule has 0 aliphatic heterocycles. The van der Waals surface area contributed by atoms with Crippen LogP contribution in [0, 0.1) is 17.3 Å². The van der Waals surface area contributed by atoms with Crippen molar-refractivity contribution in [2.75, 3.05) is 6.54 Å². The normalized spacial score (nSPS) is 36.6. The summed E-state index contributed by atoms with van der Waals surface area (Å²) in [5.41, 5.74) is 5.08. The molecule has 0 aromatic rings. The minimum Gasteiger partial charge on any atom is -0.330 e. The second-order valence-electron chi connectivity index (χ2n) is 3.52. The van der Waals surface area contributed by atoms with Crippen molar-refractivity contribution in [2.45, 2.75) is 20.3 Å². The van der Waals surface area contributed by atoms with Crippen LogP contribution in [0.3, 0.4) is 0 Å². The molecule has 0 radical (unpaired) electrons. The van der Waals surface area contributed by atoms with E-state index in [9.17, 15) is 8.78 Å². The van der Waals surface area contributed by atoms with Crippen LogP contribution in [0.5, 0.6) is 0 Å². The third kappa shape index (κ3) is 0.926. The lowest BCUT2D eigenvalue weighted by Gasteiger charge is -1.99. The van der Waals surface area contributed by atoms with Gasteiger partial charge in [-0.2, -0.15) is 0 Å². The van der Waals surface area contributed by atoms with E-state index in [4.69, 9.17) is 5.73 Å². The van der Waals surface area contributed by atoms with Crippen LogP contribution >= 0.6 is 0 Å². The largest absolute Gasteiger partial charge is 0.330 e. The fourth-order valence-corrected chi connectivity index (χ4v) is 1.74. The topological polar surface area (TPSA) is 26.0 Å². The van der Waals surface area contributed by atoms with Gasteiger partial charge in [0.2, 0.25) is 6.43 Å². The molecule has 2 N–H and O–H groups in total. The Labute approximate surface area is 59.6 Å². The molecular formula is C7H13F2N. The van der Waals surface area contributed by atoms with Gasteiger partial charge in [0.25, 0.3) is 0 Å². The van der Waals surface area contributed by atoms with Crippen molar-refractivity contribution in [3.05, 3.63) is 0 Å². The van der Waals surface area contributed by atoms with E-state index in [1.54, 1.807) is 0 Å². The standard InChI is InChI=1S/C7H13F2N/c1-7(2)4(3-10)5(7)6(8)9/h4-6H,3,10H2,1-2H3/t4-,5+/m0/s1. The maximum Gasteiger partial charge on any atom is 0.242 e. The van der Waals surface area contributed by atoms with Crippen molar-refractivity contribution in [2.24, 2.45) is 23.0 Å². The van der Waals surface area contributed by atoms with Crippen LogP contribution in [0.25, 0.3) is 0 Å². The summed E-state index contributed by atoms with van der Waals surface area (Å²) in [4.78, 5) is 0. The highest BCUT2D eigenvalue weighted by Crippen LogP contribution is 2.60. The van der Waals surface area contributed by atoms with E-state index < -0.39 is 12.3 Å². The number of hydrogen-bond acceptors (Lipinski definition) is 1. The first kappa shape index (κ1) is 7.92. The fraction of sp³-hybridized carbons (Fsp3) is 1.00. The van der Waals surface area contributed by atoms with Gasteiger partial charge < -0.3 is 5.73 Å². The van der Waals surface area contributed by atoms with Gasteiger partial charge in [-0.25, -0.2) is 8.78 Å². The van der Waals surface area contributed by atoms with Gasteiger partial charge in [0.15, 0.2) is 0 Å². The molecule has 0 aromatic heterocycles. The lowest BCUT2D eigenvalue weighted by Crippen LogP contribution is -2.06. The second kappa shape index (κ2) is 2.16. The molecule has 2 atom stereocenters. The molecule has 0 amide bonds. The molecule has 0 bridgehead atoms. The summed E-state index contributed by atoms with van der Waals surface area (Å²) in [6, 6.07) is 0. The Morgan fingerprint density at radius 3 is 2.10 bits per heavy atom. The van der Waals surface area contributed by atoms with E-state index in [0.717, 1.165) is 0 Å². The van der Waals surface area contributed by atoms with Crippen LogP contribution < -0.4 is 5.73 Å². The van der Waals surface area contributed by atoms with Gasteiger partial charge >= 0.3 is 0 Å². The highest BCUT2D eigenvalue weighted by Gasteiger charge is 2.61. The quantitative estimate of drug-likeness (QED) is 0.632. The zero-order chi connectivity index (χ0) is 7.94. The molecule has 0 unspecified atom stereocenters. The van der Waals surface area contributed by atoms with E-state index in [1.165, 1.54) is 0 Å². The van der Waals surface area contributed by atoms with E-state index in [-0.39, 0.29) is 11.3 Å². The first-order valence-electron chi connectivity index (χ1n) is 3.50. The molecular weight excluding hydrogens is 136 g/mol. The average Bonchev–Trinajstić information content (AvgIpc) is 2.33. The van der Waals surface area contributed by atoms with Crippen molar-refractivity contribution in [3.8, 4) is 0 Å². The molecule has 1 fully saturated rings. The lowest BCUT2D eigenvalue weighted by molar-refractivity contribution is 0.105. The van der Waals surface area contributed by atoms with Gasteiger partial charge in [0.1, 0.15) is 0 Å². The van der Waals surface area contributed by atoms with Crippen LogP contribution in [-0.4, -0.2) is 13.0 Å². The second-order valence-corrected chi connectivity index (χ2v) is 3.52. The van der Waals surface area contributed by atoms with Crippen molar-refractivity contribution in [1.29, 1.82) is 0 Å². The number of halogens is 2. The van der Waals surface area contributed by atoms with Gasteiger partial charge in [-0.15, -0.1) is 0 Å². The fourth-order valence-electron chi connectivity index (χ4n) is 1.74. The zero-order valence-corrected chi connectivity index (χ0v) is 6.27. The van der Waals surface area contributed by atoms with Gasteiger partial charge in [0.05, 0.1) is 0 Å². The van der Waals surface area contributed by atoms with Gasteiger partial charge in [-0.1, -0.05) is 13.8 Å². The number of rotatable bonds is 2. The lowest BCUT2D eigenvalue weighted by atomic mass is 10.1. The summed E-state index contributed by atoms with van der Waals surface area (Å²) < 4.78 is 24.2. The van der Waals surface area contributed by atoms with Crippen LogP contribution in [-0.2, 0) is 0 Å². The molecule has 0 spiro atoms. The van der Waals surface area contributed by atoms with Gasteiger partial charge in [-0.05, 0) is 17.9 Å². The van der Waals surface area contributed by atoms with Crippen molar-refractivity contribution in [3.63, 3.8) is 0 Å². The van der Waals surface area contributed by atoms with E-state index in [2.05, 4.69) is 0 Å². The van der Waals surface area contributed by atoms with Gasteiger partial charge in [-0.3, -0.25) is 0 Å². The Bertz CT molecular complexity index is 134. The predicted molar refractivity (Wildman–Crippen MR) is 35.8 cm³/mol. The van der Waals surface area contributed by atoms with Crippen LogP contribution in [0.2, 0.25) is 0 Å². The van der Waals surface area contributed by atoms with Crippen LogP contribution in [0.1, 0.15) is 13.8 Å². The predicted octanol–water partition coefficient (Wildman–Crippen LogP) is 1.48. The van der Waals surface area contributed by atoms with Gasteiger partial charge in [0, 0.05) is 5.92 Å². The first-order valence-corrected chi connectivity index (χ1v) is 3.50. The molecule has 10 heavy (non-hydrogen) atoms. The number of hydrogen-bond donors (Lipinski definition) is 1. The van der Waals surface area contributed by atoms with E-state index in [1.807, 2.05) is 13.8 Å². The molecule has 1 aliphatic carbocycles. The summed E-state index contributed by atoms with van der Waals surface area (Å²) in [5, 5.41) is 0. The minimum atomic E-state index is -2.19. The van der Waals surface area contributed by atoms with Crippen LogP contribution in [0.4, 0.5) is 8.78 Å². The smallest absolute Gasteiger partial charge is 0.242 e. The first-order chi connectivity index (χ1) is 4.51. The van der Waals surface area contributed by atoms with Crippen molar-refractivity contribution < 1.29 is 8.78 Å². The number of nitrogens with two attached hydrogens (primary N) is 1. The summed E-state index contributed by atoms with van der Waals surface area (Å²) in [6.45, 7) is 4.09. The molecule has 0 saturated heterocycles. The highest BCUT2D eigenvalue weighted by atomic mass is 19.3. The molecule has 0 heterocycles. The van der Waals surface area contributed by atoms with Crippen LogP contribution in [0.15, 0.2) is 0 Å². The molecule has 1 rings (SSSR count). The summed E-state index contributed by atoms with van der Waals surface area (Å²) >= 11 is 0. The third-order valence-electron chi connectivity index (χ3n) is 2.66. The maximum atomic E-state index is 12.1. The number of alkyl halides is 2. The Morgan fingerprint density at radius 2 is 2.00 bits per heavy atom. The van der Waals surface area contributed by atoms with E-state index >= 15 is 0 Å². The third-order valence-corrected chi connectivity index (χ3v) is 2.66. The van der Waals surface area contributed by atoms with Crippen molar-refractivity contribution >= 4 is 0 Å². The Morgan fingerprint density at radius 1 is 1.50 bits per heavy atom. The summed E-state index contributed by atoms with van der Waals surface area (Å²) in [5.74, 6) is -0.426. The maximum absolute atomic E-state index is 12.1. The SMILES string of the molecule is CC1(C)[C@@H](CN)[C@@H]1C(F)F. The molecule has 3 heteroatoms. The summed E-state index contributed by atoms with van der Waals surface area (Å²) in [7, 11) is 0. The highest BCUT2D eigenvalue weighted by molar-refractivity contribution is 5.06. The minimum absolute atomic E-state index is 0.0347. The average molecular weight is 149 g/mol.